The van der Waals surface area contributed by atoms with Crippen molar-refractivity contribution < 1.29 is 13.5 Å². The van der Waals surface area contributed by atoms with E-state index in [9.17, 15) is 13.5 Å². The van der Waals surface area contributed by atoms with Crippen molar-refractivity contribution in [3.05, 3.63) is 41.2 Å². The van der Waals surface area contributed by atoms with E-state index in [1.165, 1.54) is 12.4 Å². The van der Waals surface area contributed by atoms with E-state index >= 15 is 0 Å². The number of hydrogen-bond donors (Lipinski definition) is 3. The molecule has 0 unspecified atom stereocenters. The molecule has 124 valence electrons. The minimum atomic E-state index is -3.85. The van der Waals surface area contributed by atoms with Crippen LogP contribution in [0.2, 0.25) is 0 Å². The van der Waals surface area contributed by atoms with Gasteiger partial charge in [-0.05, 0) is 19.9 Å². The van der Waals surface area contributed by atoms with E-state index in [2.05, 4.69) is 14.7 Å². The van der Waals surface area contributed by atoms with E-state index in [0.29, 0.717) is 27.2 Å². The SMILES string of the molecule is CC(C)(O)c1ncc(S(=O)(=O)Nc2cccc3c(C#N)c[nH]c23)s1. The van der Waals surface area contributed by atoms with Crippen molar-refractivity contribution in [1.29, 1.82) is 5.26 Å². The molecule has 0 saturated carbocycles. The molecule has 2 aromatic heterocycles. The van der Waals surface area contributed by atoms with Crippen molar-refractivity contribution in [3.63, 3.8) is 0 Å². The first-order valence-electron chi connectivity index (χ1n) is 6.94. The molecular formula is C15H14N4O3S2. The fourth-order valence-electron chi connectivity index (χ4n) is 2.19. The van der Waals surface area contributed by atoms with Crippen molar-refractivity contribution >= 4 is 38.0 Å². The van der Waals surface area contributed by atoms with E-state index in [1.807, 2.05) is 6.07 Å². The average Bonchev–Trinajstić information content (AvgIpc) is 3.14. The molecule has 0 radical (unpaired) electrons. The summed E-state index contributed by atoms with van der Waals surface area (Å²) < 4.78 is 27.6. The molecule has 24 heavy (non-hydrogen) atoms. The van der Waals surface area contributed by atoms with Gasteiger partial charge in [0.15, 0.2) is 4.21 Å². The number of H-pyrrole nitrogens is 1. The minimum absolute atomic E-state index is 0.00342. The fraction of sp³-hybridized carbons (Fsp3) is 0.200. The van der Waals surface area contributed by atoms with Gasteiger partial charge >= 0.3 is 0 Å². The number of nitrogens with zero attached hydrogens (tertiary/aromatic N) is 2. The molecule has 0 amide bonds. The van der Waals surface area contributed by atoms with Crippen molar-refractivity contribution in [1.82, 2.24) is 9.97 Å². The second-order valence-corrected chi connectivity index (χ2v) is 8.63. The number of benzene rings is 1. The Labute approximate surface area is 142 Å². The number of nitriles is 1. The Kier molecular flexibility index (Phi) is 3.83. The number of para-hydroxylation sites is 1. The summed E-state index contributed by atoms with van der Waals surface area (Å²) in [6.45, 7) is 3.08. The lowest BCUT2D eigenvalue weighted by Gasteiger charge is -2.12. The van der Waals surface area contributed by atoms with Gasteiger partial charge in [0.05, 0.1) is 23.0 Å². The molecule has 0 aliphatic rings. The van der Waals surface area contributed by atoms with E-state index in [0.717, 1.165) is 11.3 Å². The second-order valence-electron chi connectivity index (χ2n) is 5.69. The lowest BCUT2D eigenvalue weighted by Crippen LogP contribution is -2.14. The monoisotopic (exact) mass is 362 g/mol. The summed E-state index contributed by atoms with van der Waals surface area (Å²) in [7, 11) is -3.85. The number of anilines is 1. The summed E-state index contributed by atoms with van der Waals surface area (Å²) in [4.78, 5) is 6.88. The van der Waals surface area contributed by atoms with Gasteiger partial charge in [0.1, 0.15) is 16.7 Å². The van der Waals surface area contributed by atoms with E-state index in [4.69, 9.17) is 5.26 Å². The third-order valence-electron chi connectivity index (χ3n) is 3.35. The summed E-state index contributed by atoms with van der Waals surface area (Å²) in [6.07, 6.45) is 2.75. The second kappa shape index (κ2) is 5.59. The number of aromatic nitrogens is 2. The highest BCUT2D eigenvalue weighted by molar-refractivity contribution is 7.94. The van der Waals surface area contributed by atoms with Crippen LogP contribution in [0.5, 0.6) is 0 Å². The van der Waals surface area contributed by atoms with Crippen molar-refractivity contribution in [2.75, 3.05) is 4.72 Å². The fourth-order valence-corrected chi connectivity index (χ4v) is 4.40. The molecule has 3 N–H and O–H groups in total. The maximum Gasteiger partial charge on any atom is 0.273 e. The summed E-state index contributed by atoms with van der Waals surface area (Å²) >= 11 is 0.907. The molecular weight excluding hydrogens is 348 g/mol. The molecule has 0 bridgehead atoms. The van der Waals surface area contributed by atoms with Gasteiger partial charge in [-0.3, -0.25) is 4.72 Å². The number of aromatic amines is 1. The number of fused-ring (bicyclic) bond motifs is 1. The van der Waals surface area contributed by atoms with Gasteiger partial charge < -0.3 is 10.1 Å². The number of hydrogen-bond acceptors (Lipinski definition) is 6. The molecule has 0 fully saturated rings. The van der Waals surface area contributed by atoms with E-state index < -0.39 is 15.6 Å². The highest BCUT2D eigenvalue weighted by Gasteiger charge is 2.25. The van der Waals surface area contributed by atoms with Crippen LogP contribution < -0.4 is 4.72 Å². The van der Waals surface area contributed by atoms with Gasteiger partial charge in [-0.25, -0.2) is 13.4 Å². The van der Waals surface area contributed by atoms with Crippen molar-refractivity contribution in [3.8, 4) is 6.07 Å². The average molecular weight is 362 g/mol. The Hall–Kier alpha value is -2.41. The first kappa shape index (κ1) is 16.4. The lowest BCUT2D eigenvalue weighted by molar-refractivity contribution is 0.0783. The summed E-state index contributed by atoms with van der Waals surface area (Å²) in [6, 6.07) is 7.06. The van der Waals surface area contributed by atoms with Gasteiger partial charge in [-0.15, -0.1) is 11.3 Å². The topological polar surface area (TPSA) is 119 Å². The molecule has 0 atom stereocenters. The molecule has 3 aromatic rings. The zero-order valence-electron chi connectivity index (χ0n) is 12.9. The highest BCUT2D eigenvalue weighted by atomic mass is 32.2. The van der Waals surface area contributed by atoms with Crippen molar-refractivity contribution in [2.24, 2.45) is 0 Å². The maximum atomic E-state index is 12.6. The number of thiazole rings is 1. The van der Waals surface area contributed by atoms with E-state index in [1.54, 1.807) is 32.0 Å². The molecule has 0 aliphatic carbocycles. The zero-order valence-corrected chi connectivity index (χ0v) is 14.5. The first-order chi connectivity index (χ1) is 11.2. The highest BCUT2D eigenvalue weighted by Crippen LogP contribution is 2.31. The van der Waals surface area contributed by atoms with Crippen LogP contribution in [0, 0.1) is 11.3 Å². The molecule has 2 heterocycles. The van der Waals surface area contributed by atoms with E-state index in [-0.39, 0.29) is 4.21 Å². The molecule has 3 rings (SSSR count). The smallest absolute Gasteiger partial charge is 0.273 e. The van der Waals surface area contributed by atoms with Gasteiger partial charge in [0.25, 0.3) is 10.0 Å². The standard InChI is InChI=1S/C15H14N4O3S2/c1-15(2,20)14-18-8-12(23-14)24(21,22)19-11-5-3-4-10-9(6-16)7-17-13(10)11/h3-5,7-8,17,19-20H,1-2H3. The lowest BCUT2D eigenvalue weighted by atomic mass is 10.2. The number of nitrogens with one attached hydrogen (secondary N) is 2. The predicted molar refractivity (Wildman–Crippen MR) is 91.2 cm³/mol. The minimum Gasteiger partial charge on any atom is -0.383 e. The van der Waals surface area contributed by atoms with Gasteiger partial charge in [-0.2, -0.15) is 5.26 Å². The van der Waals surface area contributed by atoms with Gasteiger partial charge in [0.2, 0.25) is 0 Å². The number of aliphatic hydroxyl groups is 1. The van der Waals surface area contributed by atoms with Crippen LogP contribution >= 0.6 is 11.3 Å². The molecule has 0 aliphatic heterocycles. The van der Waals surface area contributed by atoms with Crippen LogP contribution in [0.4, 0.5) is 5.69 Å². The van der Waals surface area contributed by atoms with Crippen LogP contribution in [0.25, 0.3) is 10.9 Å². The Balaban J connectivity index is 2.00. The Morgan fingerprint density at radius 3 is 2.79 bits per heavy atom. The molecule has 7 nitrogen and oxygen atoms in total. The molecule has 0 saturated heterocycles. The predicted octanol–water partition coefficient (Wildman–Crippen LogP) is 2.52. The summed E-state index contributed by atoms with van der Waals surface area (Å²) in [5.74, 6) is 0. The van der Waals surface area contributed by atoms with Crippen LogP contribution in [0.15, 0.2) is 34.8 Å². The Morgan fingerprint density at radius 1 is 1.42 bits per heavy atom. The Morgan fingerprint density at radius 2 is 2.17 bits per heavy atom. The quantitative estimate of drug-likeness (QED) is 0.659. The van der Waals surface area contributed by atoms with Crippen LogP contribution in [0.1, 0.15) is 24.4 Å². The summed E-state index contributed by atoms with van der Waals surface area (Å²) in [5.41, 5.74) is 0.102. The molecule has 1 aromatic carbocycles. The van der Waals surface area contributed by atoms with Crippen LogP contribution in [-0.2, 0) is 15.6 Å². The molecule has 9 heteroatoms. The van der Waals surface area contributed by atoms with Crippen LogP contribution in [0.3, 0.4) is 0 Å². The van der Waals surface area contributed by atoms with Crippen LogP contribution in [-0.4, -0.2) is 23.5 Å². The maximum absolute atomic E-state index is 12.6. The number of rotatable bonds is 4. The summed E-state index contributed by atoms with van der Waals surface area (Å²) in [5, 5.41) is 19.9. The van der Waals surface area contributed by atoms with Crippen molar-refractivity contribution in [2.45, 2.75) is 23.7 Å². The largest absolute Gasteiger partial charge is 0.383 e. The first-order valence-corrected chi connectivity index (χ1v) is 9.24. The third-order valence-corrected chi connectivity index (χ3v) is 6.49. The molecule has 0 spiro atoms. The normalized spacial score (nSPS) is 12.2. The third kappa shape index (κ3) is 2.87. The van der Waals surface area contributed by atoms with Gasteiger partial charge in [-0.1, -0.05) is 12.1 Å². The number of sulfonamides is 1. The zero-order chi connectivity index (χ0) is 17.5. The van der Waals surface area contributed by atoms with Gasteiger partial charge in [0, 0.05) is 11.6 Å². The Bertz CT molecular complexity index is 1050.